The van der Waals surface area contributed by atoms with E-state index in [0.717, 1.165) is 9.90 Å². The number of anilines is 1. The summed E-state index contributed by atoms with van der Waals surface area (Å²) in [5.74, 6) is -0.778. The lowest BCUT2D eigenvalue weighted by atomic mass is 10.3. The molecule has 0 radical (unpaired) electrons. The molecule has 6 heteroatoms. The minimum absolute atomic E-state index is 0.0473. The van der Waals surface area contributed by atoms with Gasteiger partial charge in [-0.25, -0.2) is 4.98 Å². The van der Waals surface area contributed by atoms with E-state index in [0.29, 0.717) is 5.13 Å². The van der Waals surface area contributed by atoms with Gasteiger partial charge in [-0.2, -0.15) is 0 Å². The predicted molar refractivity (Wildman–Crippen MR) is 58.8 cm³/mol. The highest BCUT2D eigenvalue weighted by Crippen LogP contribution is 2.34. The third-order valence-corrected chi connectivity index (χ3v) is 3.94. The zero-order valence-corrected chi connectivity index (χ0v) is 9.61. The summed E-state index contributed by atoms with van der Waals surface area (Å²) < 4.78 is 1.01. The number of thiazole rings is 1. The molecule has 1 atom stereocenters. The maximum atomic E-state index is 10.4. The van der Waals surface area contributed by atoms with Gasteiger partial charge in [0, 0.05) is 5.25 Å². The predicted octanol–water partition coefficient (Wildman–Crippen LogP) is 1.99. The highest BCUT2D eigenvalue weighted by Gasteiger charge is 2.13. The molecule has 0 amide bonds. The molecule has 1 rings (SSSR count). The van der Waals surface area contributed by atoms with Gasteiger partial charge in [0.1, 0.15) is 0 Å². The van der Waals surface area contributed by atoms with Gasteiger partial charge < -0.3 is 10.8 Å². The van der Waals surface area contributed by atoms with Crippen LogP contribution in [-0.4, -0.2) is 21.3 Å². The molecule has 1 aromatic rings. The zero-order chi connectivity index (χ0) is 10.7. The molecule has 0 saturated heterocycles. The monoisotopic (exact) mass is 232 g/mol. The molecule has 0 aromatic carbocycles. The van der Waals surface area contributed by atoms with Crippen molar-refractivity contribution in [3.8, 4) is 0 Å². The average molecular weight is 232 g/mol. The molecule has 0 aliphatic heterocycles. The van der Waals surface area contributed by atoms with Crippen molar-refractivity contribution in [3.63, 3.8) is 0 Å². The van der Waals surface area contributed by atoms with E-state index in [4.69, 9.17) is 10.8 Å². The Labute approximate surface area is 90.5 Å². The Morgan fingerprint density at radius 2 is 2.43 bits per heavy atom. The first-order valence-corrected chi connectivity index (χ1v) is 5.80. The molecule has 3 N–H and O–H groups in total. The fraction of sp³-hybridized carbons (Fsp3) is 0.500. The number of aromatic nitrogens is 1. The maximum absolute atomic E-state index is 10.4. The van der Waals surface area contributed by atoms with Crippen molar-refractivity contribution in [2.75, 3.05) is 5.73 Å². The number of thioether (sulfide) groups is 1. The lowest BCUT2D eigenvalue weighted by molar-refractivity contribution is -0.136. The fourth-order valence-electron chi connectivity index (χ4n) is 0.982. The van der Waals surface area contributed by atoms with Crippen LogP contribution in [-0.2, 0) is 4.79 Å². The number of nitrogens with two attached hydrogens (primary N) is 1. The van der Waals surface area contributed by atoms with E-state index in [-0.39, 0.29) is 11.7 Å². The van der Waals surface area contributed by atoms with Crippen LogP contribution in [0, 0.1) is 6.92 Å². The third kappa shape index (κ3) is 3.19. The molecule has 1 aromatic heterocycles. The number of nitrogens with zero attached hydrogens (tertiary/aromatic N) is 1. The van der Waals surface area contributed by atoms with Crippen molar-refractivity contribution in [2.45, 2.75) is 29.7 Å². The van der Waals surface area contributed by atoms with E-state index in [2.05, 4.69) is 4.98 Å². The van der Waals surface area contributed by atoms with E-state index in [9.17, 15) is 4.79 Å². The molecule has 0 spiro atoms. The Bertz CT molecular complexity index is 338. The standard InChI is InChI=1S/C8H12N2O2S2/c1-4(3-6(11)12)13-7-5(2)10-8(9)14-7/h4H,3H2,1-2H3,(H2,9,10)(H,11,12). The van der Waals surface area contributed by atoms with Crippen molar-refractivity contribution in [3.05, 3.63) is 5.69 Å². The van der Waals surface area contributed by atoms with Gasteiger partial charge in [0.2, 0.25) is 0 Å². The second kappa shape index (κ2) is 4.65. The Morgan fingerprint density at radius 3 is 2.86 bits per heavy atom. The summed E-state index contributed by atoms with van der Waals surface area (Å²) in [5, 5.41) is 9.17. The van der Waals surface area contributed by atoms with Crippen LogP contribution in [0.4, 0.5) is 5.13 Å². The Hall–Kier alpha value is -0.750. The summed E-state index contributed by atoms with van der Waals surface area (Å²) in [6, 6.07) is 0. The normalized spacial score (nSPS) is 12.7. The topological polar surface area (TPSA) is 76.2 Å². The van der Waals surface area contributed by atoms with Gasteiger partial charge in [-0.3, -0.25) is 4.79 Å². The summed E-state index contributed by atoms with van der Waals surface area (Å²) in [7, 11) is 0. The van der Waals surface area contributed by atoms with Gasteiger partial charge in [-0.15, -0.1) is 11.8 Å². The van der Waals surface area contributed by atoms with Crippen LogP contribution in [0.3, 0.4) is 0 Å². The molecule has 1 unspecified atom stereocenters. The molecule has 14 heavy (non-hydrogen) atoms. The van der Waals surface area contributed by atoms with Gasteiger partial charge in [-0.1, -0.05) is 18.3 Å². The number of hydrogen-bond donors (Lipinski definition) is 2. The lowest BCUT2D eigenvalue weighted by Crippen LogP contribution is -2.05. The quantitative estimate of drug-likeness (QED) is 0.776. The SMILES string of the molecule is Cc1nc(N)sc1SC(C)CC(=O)O. The largest absolute Gasteiger partial charge is 0.481 e. The number of carbonyl (C=O) groups is 1. The number of hydrogen-bond acceptors (Lipinski definition) is 5. The van der Waals surface area contributed by atoms with Gasteiger partial charge in [0.05, 0.1) is 16.3 Å². The van der Waals surface area contributed by atoms with Crippen molar-refractivity contribution < 1.29 is 9.90 Å². The van der Waals surface area contributed by atoms with Crippen LogP contribution in [0.5, 0.6) is 0 Å². The van der Waals surface area contributed by atoms with Crippen molar-refractivity contribution >= 4 is 34.2 Å². The summed E-state index contributed by atoms with van der Waals surface area (Å²) in [4.78, 5) is 14.5. The van der Waals surface area contributed by atoms with E-state index < -0.39 is 5.97 Å². The van der Waals surface area contributed by atoms with Crippen LogP contribution >= 0.6 is 23.1 Å². The molecule has 0 aliphatic rings. The maximum Gasteiger partial charge on any atom is 0.304 e. The number of carboxylic acid groups (broad SMARTS) is 1. The minimum atomic E-state index is -0.778. The Balaban J connectivity index is 2.59. The highest BCUT2D eigenvalue weighted by molar-refractivity contribution is 8.01. The molecule has 0 bridgehead atoms. The molecular formula is C8H12N2O2S2. The minimum Gasteiger partial charge on any atom is -0.481 e. The molecular weight excluding hydrogens is 220 g/mol. The summed E-state index contributed by atoms with van der Waals surface area (Å²) in [6.07, 6.45) is 0.155. The van der Waals surface area contributed by atoms with Gasteiger partial charge in [0.25, 0.3) is 0 Å². The van der Waals surface area contributed by atoms with Gasteiger partial charge in [-0.05, 0) is 6.92 Å². The molecule has 78 valence electrons. The summed E-state index contributed by atoms with van der Waals surface area (Å²) >= 11 is 2.92. The van der Waals surface area contributed by atoms with Crippen molar-refractivity contribution in [2.24, 2.45) is 0 Å². The number of aryl methyl sites for hydroxylation is 1. The van der Waals surface area contributed by atoms with E-state index in [1.165, 1.54) is 23.1 Å². The second-order valence-corrected chi connectivity index (χ2v) is 5.69. The lowest BCUT2D eigenvalue weighted by Gasteiger charge is -2.05. The number of aliphatic carboxylic acids is 1. The first-order chi connectivity index (χ1) is 6.49. The van der Waals surface area contributed by atoms with Crippen molar-refractivity contribution in [1.82, 2.24) is 4.98 Å². The van der Waals surface area contributed by atoms with Crippen LogP contribution in [0.15, 0.2) is 4.21 Å². The number of carboxylic acids is 1. The molecule has 1 heterocycles. The molecule has 4 nitrogen and oxygen atoms in total. The Morgan fingerprint density at radius 1 is 1.79 bits per heavy atom. The van der Waals surface area contributed by atoms with Crippen LogP contribution in [0.25, 0.3) is 0 Å². The summed E-state index contributed by atoms with van der Waals surface area (Å²) in [5.41, 5.74) is 6.42. The van der Waals surface area contributed by atoms with Crippen molar-refractivity contribution in [1.29, 1.82) is 0 Å². The van der Waals surface area contributed by atoms with Gasteiger partial charge in [0.15, 0.2) is 5.13 Å². The number of nitrogen functional groups attached to an aromatic ring is 1. The smallest absolute Gasteiger partial charge is 0.304 e. The molecule has 0 aliphatic carbocycles. The van der Waals surface area contributed by atoms with E-state index >= 15 is 0 Å². The first kappa shape index (κ1) is 11.3. The third-order valence-electron chi connectivity index (χ3n) is 1.54. The van der Waals surface area contributed by atoms with E-state index in [1.54, 1.807) is 0 Å². The Kier molecular flexibility index (Phi) is 3.77. The van der Waals surface area contributed by atoms with Crippen LogP contribution < -0.4 is 5.73 Å². The molecule has 0 saturated carbocycles. The fourth-order valence-corrected chi connectivity index (χ4v) is 3.30. The molecule has 0 fully saturated rings. The van der Waals surface area contributed by atoms with Gasteiger partial charge >= 0.3 is 5.97 Å². The first-order valence-electron chi connectivity index (χ1n) is 4.10. The average Bonchev–Trinajstić information content (AvgIpc) is 2.28. The summed E-state index contributed by atoms with van der Waals surface area (Å²) in [6.45, 7) is 3.76. The number of rotatable bonds is 4. The van der Waals surface area contributed by atoms with Crippen LogP contribution in [0.1, 0.15) is 19.0 Å². The highest BCUT2D eigenvalue weighted by atomic mass is 32.2. The van der Waals surface area contributed by atoms with E-state index in [1.807, 2.05) is 13.8 Å². The van der Waals surface area contributed by atoms with Crippen LogP contribution in [0.2, 0.25) is 0 Å². The second-order valence-electron chi connectivity index (χ2n) is 2.95. The zero-order valence-electron chi connectivity index (χ0n) is 7.98.